The van der Waals surface area contributed by atoms with Crippen LogP contribution in [0.4, 0.5) is 0 Å². The topological polar surface area (TPSA) is 54.3 Å². The average Bonchev–Trinajstić information content (AvgIpc) is 2.99. The Balaban J connectivity index is 1.50. The molecule has 3 rings (SSSR count). The van der Waals surface area contributed by atoms with Gasteiger partial charge < -0.3 is 14.4 Å². The first kappa shape index (κ1) is 18.6. The Bertz CT molecular complexity index is 727. The lowest BCUT2D eigenvalue weighted by molar-refractivity contribution is -0.132. The Morgan fingerprint density at radius 3 is 2.96 bits per heavy atom. The lowest BCUT2D eigenvalue weighted by atomic mass is 9.97. The Hall–Kier alpha value is -2.21. The third kappa shape index (κ3) is 4.69. The van der Waals surface area contributed by atoms with Crippen LogP contribution in [0.1, 0.15) is 42.3 Å². The Kier molecular flexibility index (Phi) is 6.04. The van der Waals surface area contributed by atoms with Crippen LogP contribution in [-0.4, -0.2) is 56.9 Å². The van der Waals surface area contributed by atoms with Gasteiger partial charge >= 0.3 is 0 Å². The largest absolute Gasteiger partial charge is 0.342 e. The number of carbonyl (C=O) groups is 1. The van der Waals surface area contributed by atoms with E-state index >= 15 is 0 Å². The molecular weight excluding hydrogens is 326 g/mol. The number of nitrogens with zero attached hydrogens (tertiary/aromatic N) is 5. The van der Waals surface area contributed by atoms with Crippen molar-refractivity contribution < 1.29 is 4.79 Å². The molecule has 0 saturated carbocycles. The van der Waals surface area contributed by atoms with Gasteiger partial charge in [0.25, 0.3) is 0 Å². The predicted octanol–water partition coefficient (Wildman–Crippen LogP) is 2.35. The molecule has 26 heavy (non-hydrogen) atoms. The van der Waals surface area contributed by atoms with E-state index < -0.39 is 0 Å². The molecule has 0 spiro atoms. The minimum atomic E-state index is 0.249. The number of imidazole rings is 1. The van der Waals surface area contributed by atoms with E-state index in [-0.39, 0.29) is 5.91 Å². The molecule has 1 amide bonds. The highest BCUT2D eigenvalue weighted by atomic mass is 16.2. The maximum Gasteiger partial charge on any atom is 0.223 e. The molecule has 1 atom stereocenters. The molecule has 1 fully saturated rings. The molecule has 0 bridgehead atoms. The zero-order valence-electron chi connectivity index (χ0n) is 16.1. The van der Waals surface area contributed by atoms with Crippen molar-refractivity contribution in [2.24, 2.45) is 7.05 Å². The number of hydrogen-bond acceptors (Lipinski definition) is 4. The number of likely N-dealkylation sites (tertiary alicyclic amines) is 1. The molecule has 1 aliphatic rings. The van der Waals surface area contributed by atoms with Crippen LogP contribution >= 0.6 is 0 Å². The summed E-state index contributed by atoms with van der Waals surface area (Å²) in [6.07, 6.45) is 8.43. The molecule has 0 aliphatic carbocycles. The lowest BCUT2D eigenvalue weighted by Gasteiger charge is -2.33. The average molecular weight is 355 g/mol. The first-order chi connectivity index (χ1) is 12.5. The van der Waals surface area contributed by atoms with Crippen LogP contribution in [0.15, 0.2) is 30.7 Å². The van der Waals surface area contributed by atoms with Crippen LogP contribution in [0.25, 0.3) is 0 Å². The maximum absolute atomic E-state index is 12.7. The van der Waals surface area contributed by atoms with Crippen molar-refractivity contribution >= 4 is 5.91 Å². The molecular formula is C20H29N5O. The van der Waals surface area contributed by atoms with Crippen LogP contribution in [0.3, 0.4) is 0 Å². The lowest BCUT2D eigenvalue weighted by Crippen LogP contribution is -2.40. The van der Waals surface area contributed by atoms with Crippen molar-refractivity contribution in [1.82, 2.24) is 24.3 Å². The number of carbonyl (C=O) groups excluding carboxylic acids is 1. The highest BCUT2D eigenvalue weighted by Crippen LogP contribution is 2.26. The third-order valence-electron chi connectivity index (χ3n) is 5.05. The Morgan fingerprint density at radius 1 is 1.42 bits per heavy atom. The molecule has 0 radical (unpaired) electrons. The van der Waals surface area contributed by atoms with E-state index in [0.717, 1.165) is 50.5 Å². The number of rotatable bonds is 6. The summed E-state index contributed by atoms with van der Waals surface area (Å²) in [5.74, 6) is 1.70. The minimum Gasteiger partial charge on any atom is -0.342 e. The number of hydrogen-bond donors (Lipinski definition) is 0. The fraction of sp³-hybridized carbons (Fsp3) is 0.550. The quantitative estimate of drug-likeness (QED) is 0.798. The van der Waals surface area contributed by atoms with Crippen molar-refractivity contribution in [3.05, 3.63) is 47.8 Å². The number of pyridine rings is 1. The van der Waals surface area contributed by atoms with Crippen molar-refractivity contribution in [2.45, 2.75) is 38.6 Å². The zero-order chi connectivity index (χ0) is 18.5. The standard InChI is InChI=1S/C20H29N5O/c1-16-13-24(3)20(22-16)18-7-5-10-25(15-18)19(26)8-11-23(2)14-17-6-4-9-21-12-17/h4,6,9,12-13,18H,5,7-8,10-11,14-15H2,1-3H3/t18-/m1/s1. The number of aryl methyl sites for hydroxylation is 2. The zero-order valence-corrected chi connectivity index (χ0v) is 16.1. The summed E-state index contributed by atoms with van der Waals surface area (Å²) in [5, 5.41) is 0. The highest BCUT2D eigenvalue weighted by Gasteiger charge is 2.27. The second kappa shape index (κ2) is 8.45. The van der Waals surface area contributed by atoms with Crippen LogP contribution in [0, 0.1) is 6.92 Å². The van der Waals surface area contributed by atoms with Crippen molar-refractivity contribution in [1.29, 1.82) is 0 Å². The van der Waals surface area contributed by atoms with Gasteiger partial charge in [0.1, 0.15) is 5.82 Å². The van der Waals surface area contributed by atoms with Gasteiger partial charge in [-0.25, -0.2) is 4.98 Å². The summed E-state index contributed by atoms with van der Waals surface area (Å²) in [6.45, 7) is 5.25. The number of piperidine rings is 1. The molecule has 2 aromatic heterocycles. The van der Waals surface area contributed by atoms with Crippen LogP contribution in [0.2, 0.25) is 0 Å². The molecule has 0 N–H and O–H groups in total. The molecule has 1 aliphatic heterocycles. The predicted molar refractivity (Wildman–Crippen MR) is 102 cm³/mol. The van der Waals surface area contributed by atoms with Crippen LogP contribution in [0.5, 0.6) is 0 Å². The Morgan fingerprint density at radius 2 is 2.27 bits per heavy atom. The highest BCUT2D eigenvalue weighted by molar-refractivity contribution is 5.76. The molecule has 0 aromatic carbocycles. The van der Waals surface area contributed by atoms with Gasteiger partial charge in [0.05, 0.1) is 5.69 Å². The Labute approximate surface area is 155 Å². The summed E-state index contributed by atoms with van der Waals surface area (Å²) in [7, 11) is 4.10. The molecule has 140 valence electrons. The van der Waals surface area contributed by atoms with Gasteiger partial charge in [-0.05, 0) is 38.4 Å². The summed E-state index contributed by atoms with van der Waals surface area (Å²) < 4.78 is 2.11. The SMILES string of the molecule is Cc1cn(C)c([C@@H]2CCCN(C(=O)CCN(C)Cc3cccnc3)C2)n1. The molecule has 1 saturated heterocycles. The second-order valence-electron chi connectivity index (χ2n) is 7.38. The van der Waals surface area contributed by atoms with E-state index in [2.05, 4.69) is 38.7 Å². The molecule has 2 aromatic rings. The first-order valence-electron chi connectivity index (χ1n) is 9.38. The van der Waals surface area contributed by atoms with E-state index in [1.807, 2.05) is 31.1 Å². The minimum absolute atomic E-state index is 0.249. The normalized spacial score (nSPS) is 17.7. The van der Waals surface area contributed by atoms with Gasteiger partial charge in [0.15, 0.2) is 0 Å². The smallest absolute Gasteiger partial charge is 0.223 e. The fourth-order valence-corrected chi connectivity index (χ4v) is 3.76. The fourth-order valence-electron chi connectivity index (χ4n) is 3.76. The van der Waals surface area contributed by atoms with E-state index in [1.165, 1.54) is 5.56 Å². The molecule has 6 nitrogen and oxygen atoms in total. The molecule has 3 heterocycles. The van der Waals surface area contributed by atoms with Crippen molar-refractivity contribution in [3.63, 3.8) is 0 Å². The van der Waals surface area contributed by atoms with Gasteiger partial charge in [-0.3, -0.25) is 9.78 Å². The van der Waals surface area contributed by atoms with Gasteiger partial charge in [0.2, 0.25) is 5.91 Å². The first-order valence-corrected chi connectivity index (χ1v) is 9.38. The monoisotopic (exact) mass is 355 g/mol. The second-order valence-corrected chi connectivity index (χ2v) is 7.38. The summed E-state index contributed by atoms with van der Waals surface area (Å²) >= 11 is 0. The maximum atomic E-state index is 12.7. The number of aromatic nitrogens is 3. The summed E-state index contributed by atoms with van der Waals surface area (Å²) in [4.78, 5) is 25.7. The number of amides is 1. The molecule has 6 heteroatoms. The van der Waals surface area contributed by atoms with E-state index in [0.29, 0.717) is 12.3 Å². The van der Waals surface area contributed by atoms with Gasteiger partial charge in [0, 0.05) is 64.2 Å². The van der Waals surface area contributed by atoms with Gasteiger partial charge in [-0.15, -0.1) is 0 Å². The van der Waals surface area contributed by atoms with Crippen LogP contribution in [-0.2, 0) is 18.4 Å². The van der Waals surface area contributed by atoms with Crippen LogP contribution < -0.4 is 0 Å². The van der Waals surface area contributed by atoms with Gasteiger partial charge in [-0.1, -0.05) is 6.07 Å². The van der Waals surface area contributed by atoms with E-state index in [1.54, 1.807) is 6.20 Å². The van der Waals surface area contributed by atoms with Gasteiger partial charge in [-0.2, -0.15) is 0 Å². The molecule has 0 unspecified atom stereocenters. The van der Waals surface area contributed by atoms with E-state index in [9.17, 15) is 4.79 Å². The third-order valence-corrected chi connectivity index (χ3v) is 5.05. The van der Waals surface area contributed by atoms with E-state index in [4.69, 9.17) is 0 Å². The summed E-state index contributed by atoms with van der Waals surface area (Å²) in [5.41, 5.74) is 2.22. The van der Waals surface area contributed by atoms with Crippen molar-refractivity contribution in [3.8, 4) is 0 Å². The van der Waals surface area contributed by atoms with Crippen molar-refractivity contribution in [2.75, 3.05) is 26.7 Å². The summed E-state index contributed by atoms with van der Waals surface area (Å²) in [6, 6.07) is 4.01.